The smallest absolute Gasteiger partial charge is 0.338 e. The second-order valence-corrected chi connectivity index (χ2v) is 5.59. The number of halogens is 1. The highest BCUT2D eigenvalue weighted by Crippen LogP contribution is 2.24. The summed E-state index contributed by atoms with van der Waals surface area (Å²) in [5.41, 5.74) is 0.252. The van der Waals surface area contributed by atoms with Crippen molar-refractivity contribution in [2.75, 3.05) is 13.1 Å². The van der Waals surface area contributed by atoms with E-state index in [4.69, 9.17) is 5.11 Å². The number of carboxylic acids is 1. The molecule has 0 aliphatic carbocycles. The lowest BCUT2D eigenvalue weighted by Gasteiger charge is -2.32. The van der Waals surface area contributed by atoms with E-state index >= 15 is 0 Å². The minimum Gasteiger partial charge on any atom is -0.478 e. The van der Waals surface area contributed by atoms with Gasteiger partial charge in [0, 0.05) is 12.1 Å². The number of carboxylic acid groups (broad SMARTS) is 1. The second kappa shape index (κ2) is 6.84. The van der Waals surface area contributed by atoms with E-state index in [9.17, 15) is 9.18 Å². The lowest BCUT2D eigenvalue weighted by Crippen LogP contribution is -2.33. The zero-order chi connectivity index (χ0) is 14.5. The zero-order valence-corrected chi connectivity index (χ0v) is 11.9. The molecule has 2 rings (SSSR count). The van der Waals surface area contributed by atoms with Crippen LogP contribution in [-0.4, -0.2) is 29.1 Å². The zero-order valence-electron chi connectivity index (χ0n) is 11.9. The highest BCUT2D eigenvalue weighted by atomic mass is 19.1. The van der Waals surface area contributed by atoms with Gasteiger partial charge < -0.3 is 5.11 Å². The van der Waals surface area contributed by atoms with Crippen molar-refractivity contribution in [1.82, 2.24) is 4.90 Å². The van der Waals surface area contributed by atoms with Gasteiger partial charge in [0.2, 0.25) is 0 Å². The number of nitrogens with zero attached hydrogens (tertiary/aromatic N) is 1. The molecule has 1 aliphatic heterocycles. The van der Waals surface area contributed by atoms with Crippen LogP contribution in [0.3, 0.4) is 0 Å². The molecule has 0 bridgehead atoms. The van der Waals surface area contributed by atoms with Gasteiger partial charge in [-0.05, 0) is 37.9 Å². The maximum absolute atomic E-state index is 14.1. The van der Waals surface area contributed by atoms with Gasteiger partial charge in [0.15, 0.2) is 0 Å². The molecule has 1 aromatic carbocycles. The molecule has 0 saturated carbocycles. The highest BCUT2D eigenvalue weighted by molar-refractivity contribution is 5.88. The van der Waals surface area contributed by atoms with Gasteiger partial charge in [-0.2, -0.15) is 0 Å². The van der Waals surface area contributed by atoms with Gasteiger partial charge in [-0.25, -0.2) is 9.18 Å². The number of hydrogen-bond donors (Lipinski definition) is 1. The third-order valence-electron chi connectivity index (χ3n) is 4.11. The number of rotatable bonds is 5. The topological polar surface area (TPSA) is 40.5 Å². The number of likely N-dealkylation sites (tertiary alicyclic amines) is 1. The first kappa shape index (κ1) is 15.0. The van der Waals surface area contributed by atoms with Crippen molar-refractivity contribution in [2.24, 2.45) is 5.92 Å². The molecule has 1 saturated heterocycles. The molecule has 3 nitrogen and oxygen atoms in total. The van der Waals surface area contributed by atoms with Crippen LogP contribution in [0.15, 0.2) is 18.2 Å². The summed E-state index contributed by atoms with van der Waals surface area (Å²) in [5.74, 6) is -0.992. The normalized spacial score (nSPS) is 17.3. The van der Waals surface area contributed by atoms with E-state index < -0.39 is 11.8 Å². The molecule has 0 amide bonds. The van der Waals surface area contributed by atoms with Crippen LogP contribution in [0, 0.1) is 11.7 Å². The molecule has 0 spiro atoms. The fraction of sp³-hybridized carbons (Fsp3) is 0.562. The molecule has 1 heterocycles. The summed E-state index contributed by atoms with van der Waals surface area (Å²) in [6.07, 6.45) is 4.82. The number of benzene rings is 1. The van der Waals surface area contributed by atoms with Gasteiger partial charge in [-0.1, -0.05) is 31.9 Å². The highest BCUT2D eigenvalue weighted by Gasteiger charge is 2.20. The van der Waals surface area contributed by atoms with Gasteiger partial charge >= 0.3 is 5.97 Å². The van der Waals surface area contributed by atoms with E-state index in [0.717, 1.165) is 31.8 Å². The van der Waals surface area contributed by atoms with E-state index in [1.54, 1.807) is 12.1 Å². The molecule has 0 aromatic heterocycles. The molecule has 0 radical (unpaired) electrons. The Morgan fingerprint density at radius 3 is 2.70 bits per heavy atom. The van der Waals surface area contributed by atoms with Crippen LogP contribution in [0.1, 0.15) is 48.5 Å². The first-order valence-electron chi connectivity index (χ1n) is 7.34. The number of piperidine rings is 1. The molecule has 1 aromatic rings. The van der Waals surface area contributed by atoms with Crippen LogP contribution in [-0.2, 0) is 6.54 Å². The van der Waals surface area contributed by atoms with E-state index in [0.29, 0.717) is 12.1 Å². The van der Waals surface area contributed by atoms with Gasteiger partial charge in [0.05, 0.1) is 5.56 Å². The SMILES string of the molecule is CCCC1CCN(Cc2cccc(C(=O)O)c2F)CC1. The van der Waals surface area contributed by atoms with Gasteiger partial charge in [0.1, 0.15) is 5.82 Å². The van der Waals surface area contributed by atoms with E-state index in [1.807, 2.05) is 0 Å². The Morgan fingerprint density at radius 2 is 2.10 bits per heavy atom. The monoisotopic (exact) mass is 279 g/mol. The van der Waals surface area contributed by atoms with Crippen LogP contribution in [0.25, 0.3) is 0 Å². The van der Waals surface area contributed by atoms with Crippen LogP contribution in [0.4, 0.5) is 4.39 Å². The van der Waals surface area contributed by atoms with Crippen molar-refractivity contribution in [1.29, 1.82) is 0 Å². The minimum absolute atomic E-state index is 0.233. The van der Waals surface area contributed by atoms with Crippen molar-refractivity contribution in [3.05, 3.63) is 35.1 Å². The predicted molar refractivity (Wildman–Crippen MR) is 76.3 cm³/mol. The van der Waals surface area contributed by atoms with Crippen molar-refractivity contribution >= 4 is 5.97 Å². The number of hydrogen-bond acceptors (Lipinski definition) is 2. The third kappa shape index (κ3) is 3.57. The Morgan fingerprint density at radius 1 is 1.40 bits per heavy atom. The third-order valence-corrected chi connectivity index (χ3v) is 4.11. The van der Waals surface area contributed by atoms with Crippen LogP contribution < -0.4 is 0 Å². The van der Waals surface area contributed by atoms with E-state index in [1.165, 1.54) is 18.9 Å². The molecule has 0 atom stereocenters. The standard InChI is InChI=1S/C16H22FNO2/c1-2-4-12-7-9-18(10-8-12)11-13-5-3-6-14(15(13)17)16(19)20/h3,5-6,12H,2,4,7-11H2,1H3,(H,19,20). The fourth-order valence-corrected chi connectivity index (χ4v) is 2.95. The summed E-state index contributed by atoms with van der Waals surface area (Å²) in [4.78, 5) is 13.1. The van der Waals surface area contributed by atoms with Crippen molar-refractivity contribution in [3.63, 3.8) is 0 Å². The predicted octanol–water partition coefficient (Wildman–Crippen LogP) is 3.54. The molecule has 4 heteroatoms. The molecule has 110 valence electrons. The Balaban J connectivity index is 1.98. The molecular formula is C16H22FNO2. The Hall–Kier alpha value is -1.42. The Kier molecular flexibility index (Phi) is 5.12. The largest absolute Gasteiger partial charge is 0.478 e. The Labute approximate surface area is 119 Å². The number of aromatic carboxylic acids is 1. The van der Waals surface area contributed by atoms with Crippen LogP contribution >= 0.6 is 0 Å². The van der Waals surface area contributed by atoms with Crippen LogP contribution in [0.5, 0.6) is 0 Å². The van der Waals surface area contributed by atoms with Gasteiger partial charge in [-0.15, -0.1) is 0 Å². The Bertz CT molecular complexity index is 468. The summed E-state index contributed by atoms with van der Waals surface area (Å²) < 4.78 is 14.1. The maximum atomic E-state index is 14.1. The van der Waals surface area contributed by atoms with Gasteiger partial charge in [-0.3, -0.25) is 4.90 Å². The summed E-state index contributed by atoms with van der Waals surface area (Å²) >= 11 is 0. The summed E-state index contributed by atoms with van der Waals surface area (Å²) in [7, 11) is 0. The summed E-state index contributed by atoms with van der Waals surface area (Å²) in [6, 6.07) is 4.61. The molecular weight excluding hydrogens is 257 g/mol. The second-order valence-electron chi connectivity index (χ2n) is 5.59. The molecule has 1 N–H and O–H groups in total. The average Bonchev–Trinajstić information content (AvgIpc) is 2.43. The van der Waals surface area contributed by atoms with Crippen molar-refractivity contribution in [3.8, 4) is 0 Å². The van der Waals surface area contributed by atoms with E-state index in [-0.39, 0.29) is 5.56 Å². The maximum Gasteiger partial charge on any atom is 0.338 e. The first-order valence-corrected chi connectivity index (χ1v) is 7.34. The number of carbonyl (C=O) groups is 1. The average molecular weight is 279 g/mol. The lowest BCUT2D eigenvalue weighted by molar-refractivity contribution is 0.0691. The van der Waals surface area contributed by atoms with Crippen LogP contribution in [0.2, 0.25) is 0 Å². The molecule has 1 aliphatic rings. The molecule has 1 fully saturated rings. The summed E-state index contributed by atoms with van der Waals surface area (Å²) in [5, 5.41) is 8.94. The van der Waals surface area contributed by atoms with E-state index in [2.05, 4.69) is 11.8 Å². The first-order chi connectivity index (χ1) is 9.61. The quantitative estimate of drug-likeness (QED) is 0.896. The fourth-order valence-electron chi connectivity index (χ4n) is 2.95. The van der Waals surface area contributed by atoms with Gasteiger partial charge in [0.25, 0.3) is 0 Å². The molecule has 0 unspecified atom stereocenters. The minimum atomic E-state index is -1.20. The van der Waals surface area contributed by atoms with Crippen molar-refractivity contribution in [2.45, 2.75) is 39.2 Å². The van der Waals surface area contributed by atoms with Crippen molar-refractivity contribution < 1.29 is 14.3 Å². The molecule has 20 heavy (non-hydrogen) atoms. The summed E-state index contributed by atoms with van der Waals surface area (Å²) in [6.45, 7) is 4.66. The lowest BCUT2D eigenvalue weighted by atomic mass is 9.92.